The summed E-state index contributed by atoms with van der Waals surface area (Å²) >= 11 is 0. The molecule has 2 unspecified atom stereocenters. The second-order valence-electron chi connectivity index (χ2n) is 9.44. The minimum absolute atomic E-state index is 0.172. The third kappa shape index (κ3) is 4.07. The van der Waals surface area contributed by atoms with Crippen molar-refractivity contribution in [3.63, 3.8) is 0 Å². The van der Waals surface area contributed by atoms with Crippen LogP contribution in [0.15, 0.2) is 60.7 Å². The van der Waals surface area contributed by atoms with Gasteiger partial charge in [-0.05, 0) is 36.2 Å². The van der Waals surface area contributed by atoms with Crippen molar-refractivity contribution in [3.8, 4) is 0 Å². The molecule has 158 valence electrons. The fourth-order valence-corrected chi connectivity index (χ4v) is 9.08. The molecule has 0 aliphatic carbocycles. The van der Waals surface area contributed by atoms with Gasteiger partial charge < -0.3 is 19.0 Å². The van der Waals surface area contributed by atoms with Gasteiger partial charge in [0, 0.05) is 0 Å². The standard InChI is InChI=1S/C24H34O4Si/c1-19-24(17-25,18-26-23(5,6)27-19)28-29(22(2,3)4,20-13-9-7-10-14-20)21-15-11-8-12-16-21/h7-16,19,25H,17-18H2,1-6H3. The van der Waals surface area contributed by atoms with Gasteiger partial charge in [-0.25, -0.2) is 0 Å². The Hall–Kier alpha value is -1.50. The molecule has 2 atom stereocenters. The molecule has 1 aliphatic heterocycles. The van der Waals surface area contributed by atoms with Crippen molar-refractivity contribution in [2.24, 2.45) is 0 Å². The summed E-state index contributed by atoms with van der Waals surface area (Å²) < 4.78 is 19.3. The van der Waals surface area contributed by atoms with Crippen molar-refractivity contribution < 1.29 is 19.0 Å². The van der Waals surface area contributed by atoms with Crippen molar-refractivity contribution in [2.75, 3.05) is 13.2 Å². The number of ether oxygens (including phenoxy) is 2. The van der Waals surface area contributed by atoms with Crippen molar-refractivity contribution in [2.45, 2.75) is 64.1 Å². The lowest BCUT2D eigenvalue weighted by Crippen LogP contribution is -2.74. The average molecular weight is 415 g/mol. The molecule has 0 spiro atoms. The van der Waals surface area contributed by atoms with Crippen LogP contribution in [0, 0.1) is 0 Å². The number of rotatable bonds is 5. The molecule has 29 heavy (non-hydrogen) atoms. The van der Waals surface area contributed by atoms with Gasteiger partial charge in [0.25, 0.3) is 8.32 Å². The van der Waals surface area contributed by atoms with E-state index in [0.717, 1.165) is 0 Å². The largest absolute Gasteiger partial charge is 0.395 e. The SMILES string of the molecule is CC1OC(C)(C)OCC1(CO)O[Si](c1ccccc1)(c1ccccc1)C(C)(C)C. The van der Waals surface area contributed by atoms with Gasteiger partial charge in [0.2, 0.25) is 0 Å². The number of aliphatic hydroxyl groups excluding tert-OH is 1. The molecular formula is C24H34O4Si. The number of aliphatic hydroxyl groups is 1. The minimum atomic E-state index is -2.84. The maximum Gasteiger partial charge on any atom is 0.262 e. The monoisotopic (exact) mass is 414 g/mol. The van der Waals surface area contributed by atoms with Gasteiger partial charge in [0.05, 0.1) is 19.3 Å². The lowest BCUT2D eigenvalue weighted by molar-refractivity contribution is -0.329. The van der Waals surface area contributed by atoms with Crippen LogP contribution in [0.1, 0.15) is 41.5 Å². The molecule has 4 nitrogen and oxygen atoms in total. The van der Waals surface area contributed by atoms with Crippen LogP contribution < -0.4 is 10.4 Å². The summed E-state index contributed by atoms with van der Waals surface area (Å²) in [6, 6.07) is 20.9. The van der Waals surface area contributed by atoms with E-state index in [1.54, 1.807) is 0 Å². The van der Waals surface area contributed by atoms with E-state index in [2.05, 4.69) is 69.3 Å². The molecule has 0 bridgehead atoms. The molecule has 5 heteroatoms. The summed E-state index contributed by atoms with van der Waals surface area (Å²) in [5.41, 5.74) is -0.944. The van der Waals surface area contributed by atoms with E-state index < -0.39 is 19.7 Å². The van der Waals surface area contributed by atoms with Crippen LogP contribution in [-0.4, -0.2) is 44.1 Å². The highest BCUT2D eigenvalue weighted by molar-refractivity contribution is 6.99. The zero-order valence-corrected chi connectivity index (χ0v) is 19.4. The maximum atomic E-state index is 10.5. The fourth-order valence-electron chi connectivity index (χ4n) is 4.25. The highest BCUT2D eigenvalue weighted by atomic mass is 28.4. The number of hydrogen-bond acceptors (Lipinski definition) is 4. The Labute approximate surface area is 176 Å². The lowest BCUT2D eigenvalue weighted by Gasteiger charge is -2.54. The smallest absolute Gasteiger partial charge is 0.262 e. The molecule has 0 saturated carbocycles. The van der Waals surface area contributed by atoms with Crippen molar-refractivity contribution in [3.05, 3.63) is 60.7 Å². The van der Waals surface area contributed by atoms with E-state index in [1.165, 1.54) is 10.4 Å². The first-order chi connectivity index (χ1) is 13.6. The molecule has 1 aliphatic rings. The molecule has 1 saturated heterocycles. The quantitative estimate of drug-likeness (QED) is 0.761. The molecule has 0 radical (unpaired) electrons. The van der Waals surface area contributed by atoms with Crippen molar-refractivity contribution in [1.29, 1.82) is 0 Å². The topological polar surface area (TPSA) is 47.9 Å². The van der Waals surface area contributed by atoms with E-state index in [4.69, 9.17) is 13.9 Å². The summed E-state index contributed by atoms with van der Waals surface area (Å²) in [5, 5.41) is 12.7. The molecule has 0 amide bonds. The van der Waals surface area contributed by atoms with Gasteiger partial charge >= 0.3 is 0 Å². The van der Waals surface area contributed by atoms with Crippen molar-refractivity contribution in [1.82, 2.24) is 0 Å². The Morgan fingerprint density at radius 2 is 1.48 bits per heavy atom. The first-order valence-corrected chi connectivity index (χ1v) is 12.2. The van der Waals surface area contributed by atoms with E-state index in [9.17, 15) is 5.11 Å². The van der Waals surface area contributed by atoms with Crippen LogP contribution in [-0.2, 0) is 13.9 Å². The summed E-state index contributed by atoms with van der Waals surface area (Å²) in [7, 11) is -2.84. The molecule has 1 N–H and O–H groups in total. The lowest BCUT2D eigenvalue weighted by atomic mass is 9.98. The van der Waals surface area contributed by atoms with Crippen LogP contribution >= 0.6 is 0 Å². The molecule has 2 aromatic carbocycles. The fraction of sp³-hybridized carbons (Fsp3) is 0.500. The Morgan fingerprint density at radius 3 is 1.86 bits per heavy atom. The van der Waals surface area contributed by atoms with Gasteiger partial charge in [-0.1, -0.05) is 81.4 Å². The van der Waals surface area contributed by atoms with Gasteiger partial charge in [-0.3, -0.25) is 0 Å². The summed E-state index contributed by atoms with van der Waals surface area (Å²) in [6.45, 7) is 12.5. The molecule has 2 aromatic rings. The first kappa shape index (κ1) is 22.2. The maximum absolute atomic E-state index is 10.5. The van der Waals surface area contributed by atoms with Crippen LogP contribution in [0.4, 0.5) is 0 Å². The Morgan fingerprint density at radius 1 is 1.00 bits per heavy atom. The summed E-state index contributed by atoms with van der Waals surface area (Å²) in [5.74, 6) is -0.701. The van der Waals surface area contributed by atoms with Gasteiger partial charge in [0.15, 0.2) is 5.79 Å². The van der Waals surface area contributed by atoms with E-state index in [-0.39, 0.29) is 24.4 Å². The summed E-state index contributed by atoms with van der Waals surface area (Å²) in [4.78, 5) is 0. The Bertz CT molecular complexity index is 761. The van der Waals surface area contributed by atoms with E-state index >= 15 is 0 Å². The predicted octanol–water partition coefficient (Wildman–Crippen LogP) is 3.47. The van der Waals surface area contributed by atoms with Crippen LogP contribution in [0.3, 0.4) is 0 Å². The normalized spacial score (nSPS) is 25.0. The number of hydrogen-bond donors (Lipinski definition) is 1. The number of benzene rings is 2. The highest BCUT2D eigenvalue weighted by Crippen LogP contribution is 2.42. The minimum Gasteiger partial charge on any atom is -0.395 e. The molecular weight excluding hydrogens is 380 g/mol. The zero-order chi connectivity index (χ0) is 21.3. The Kier molecular flexibility index (Phi) is 6.10. The molecule has 1 heterocycles. The van der Waals surface area contributed by atoms with Crippen LogP contribution in [0.25, 0.3) is 0 Å². The second-order valence-corrected chi connectivity index (χ2v) is 13.7. The second kappa shape index (κ2) is 7.97. The average Bonchev–Trinajstić information content (AvgIpc) is 2.68. The van der Waals surface area contributed by atoms with Crippen molar-refractivity contribution >= 4 is 18.7 Å². The molecule has 1 fully saturated rings. The predicted molar refractivity (Wildman–Crippen MR) is 119 cm³/mol. The molecule has 0 aromatic heterocycles. The highest BCUT2D eigenvalue weighted by Gasteiger charge is 2.58. The summed E-state index contributed by atoms with van der Waals surface area (Å²) in [6.07, 6.45) is -0.321. The van der Waals surface area contributed by atoms with E-state index in [0.29, 0.717) is 0 Å². The molecule has 3 rings (SSSR count). The van der Waals surface area contributed by atoms with E-state index in [1.807, 2.05) is 32.9 Å². The van der Waals surface area contributed by atoms with Crippen LogP contribution in [0.2, 0.25) is 5.04 Å². The van der Waals surface area contributed by atoms with Gasteiger partial charge in [-0.15, -0.1) is 0 Å². The van der Waals surface area contributed by atoms with Gasteiger partial charge in [-0.2, -0.15) is 0 Å². The van der Waals surface area contributed by atoms with Gasteiger partial charge in [0.1, 0.15) is 5.60 Å². The zero-order valence-electron chi connectivity index (χ0n) is 18.4. The van der Waals surface area contributed by atoms with Crippen LogP contribution in [0.5, 0.6) is 0 Å². The third-order valence-corrected chi connectivity index (χ3v) is 11.0. The first-order valence-electron chi connectivity index (χ1n) is 10.3. The third-order valence-electron chi connectivity index (χ3n) is 5.91. The Balaban J connectivity index is 2.21.